The molecule has 2 aliphatic heterocycles. The SMILES string of the molecule is C#CC(CCCC)CSc1ccc(C(C)(C)C)cc1NC(=O)C(C1=Nc2ccccc2S(=O)(=O)N1CCCCCCCCCCCCCCCCCC)N1C(=O)OC(C)(C)C1=O. The van der Waals surface area contributed by atoms with Crippen molar-refractivity contribution in [1.29, 1.82) is 0 Å². The molecule has 1 N–H and O–H groups in total. The van der Waals surface area contributed by atoms with E-state index < -0.39 is 39.6 Å². The fourth-order valence-corrected chi connectivity index (χ4v) is 10.7. The van der Waals surface area contributed by atoms with Crippen LogP contribution in [-0.4, -0.2) is 65.3 Å². The number of thioether (sulfide) groups is 1. The number of amidine groups is 1. The molecule has 0 spiro atoms. The van der Waals surface area contributed by atoms with Gasteiger partial charge in [-0.05, 0) is 61.9 Å². The van der Waals surface area contributed by atoms with Crippen molar-refractivity contribution >= 4 is 56.9 Å². The Kier molecular flexibility index (Phi) is 19.9. The zero-order valence-electron chi connectivity index (χ0n) is 38.7. The number of para-hydroxylation sites is 1. The van der Waals surface area contributed by atoms with Crippen LogP contribution in [0, 0.1) is 18.3 Å². The van der Waals surface area contributed by atoms with E-state index in [2.05, 4.69) is 45.9 Å². The van der Waals surface area contributed by atoms with Crippen molar-refractivity contribution < 1.29 is 27.5 Å². The number of amides is 3. The molecule has 12 heteroatoms. The van der Waals surface area contributed by atoms with E-state index >= 15 is 0 Å². The van der Waals surface area contributed by atoms with Crippen molar-refractivity contribution in [2.24, 2.45) is 10.9 Å². The Labute approximate surface area is 378 Å². The number of rotatable bonds is 27. The van der Waals surface area contributed by atoms with Crippen molar-refractivity contribution in [2.45, 2.75) is 197 Å². The lowest BCUT2D eigenvalue weighted by atomic mass is 9.87. The number of carbonyl (C=O) groups excluding carboxylic acids is 3. The molecule has 0 saturated carbocycles. The summed E-state index contributed by atoms with van der Waals surface area (Å²) in [5.74, 6) is 1.78. The molecule has 0 aromatic heterocycles. The van der Waals surface area contributed by atoms with Gasteiger partial charge in [-0.15, -0.1) is 24.1 Å². The number of fused-ring (bicyclic) bond motifs is 1. The number of hydrogen-bond donors (Lipinski definition) is 1. The predicted octanol–water partition coefficient (Wildman–Crippen LogP) is 12.6. The van der Waals surface area contributed by atoms with Gasteiger partial charge in [0.2, 0.25) is 0 Å². The number of hydrogen-bond acceptors (Lipinski definition) is 8. The van der Waals surface area contributed by atoms with Gasteiger partial charge < -0.3 is 10.1 Å². The van der Waals surface area contributed by atoms with Crippen LogP contribution in [0.5, 0.6) is 0 Å². The summed E-state index contributed by atoms with van der Waals surface area (Å²) in [6.07, 6.45) is 26.6. The van der Waals surface area contributed by atoms with Gasteiger partial charge >= 0.3 is 6.09 Å². The van der Waals surface area contributed by atoms with Gasteiger partial charge in [0.1, 0.15) is 4.90 Å². The Bertz CT molecular complexity index is 1980. The summed E-state index contributed by atoms with van der Waals surface area (Å²) in [5, 5.41) is 3.03. The van der Waals surface area contributed by atoms with Crippen molar-refractivity contribution in [3.63, 3.8) is 0 Å². The Balaban J connectivity index is 1.56. The van der Waals surface area contributed by atoms with Crippen molar-refractivity contribution in [1.82, 2.24) is 9.21 Å². The minimum Gasteiger partial charge on any atom is -0.433 e. The van der Waals surface area contributed by atoms with Gasteiger partial charge in [-0.3, -0.25) is 13.9 Å². The van der Waals surface area contributed by atoms with E-state index in [0.29, 0.717) is 17.9 Å². The Morgan fingerprint density at radius 2 is 1.42 bits per heavy atom. The first-order valence-electron chi connectivity index (χ1n) is 23.4. The number of nitrogens with one attached hydrogen (secondary N) is 1. The molecule has 1 saturated heterocycles. The Hall–Kier alpha value is -3.82. The molecule has 2 aromatic carbocycles. The van der Waals surface area contributed by atoms with Crippen LogP contribution >= 0.6 is 11.8 Å². The summed E-state index contributed by atoms with van der Waals surface area (Å²) in [5.41, 5.74) is -0.329. The number of unbranched alkanes of at least 4 members (excludes halogenated alkanes) is 16. The number of ether oxygens (including phenoxy) is 1. The monoisotopic (exact) mass is 891 g/mol. The highest BCUT2D eigenvalue weighted by Crippen LogP contribution is 2.38. The van der Waals surface area contributed by atoms with E-state index in [-0.39, 0.29) is 34.3 Å². The molecule has 342 valence electrons. The average Bonchev–Trinajstić information content (AvgIpc) is 3.43. The third-order valence-electron chi connectivity index (χ3n) is 11.8. The van der Waals surface area contributed by atoms with Crippen molar-refractivity contribution in [3.8, 4) is 12.3 Å². The lowest BCUT2D eigenvalue weighted by Gasteiger charge is -2.35. The van der Waals surface area contributed by atoms with Crippen LogP contribution < -0.4 is 5.32 Å². The maximum absolute atomic E-state index is 15.0. The highest BCUT2D eigenvalue weighted by molar-refractivity contribution is 7.99. The van der Waals surface area contributed by atoms with Crippen LogP contribution in [0.25, 0.3) is 0 Å². The van der Waals surface area contributed by atoms with E-state index in [1.165, 1.54) is 102 Å². The zero-order valence-corrected chi connectivity index (χ0v) is 40.4. The Morgan fingerprint density at radius 3 is 1.95 bits per heavy atom. The number of carbonyl (C=O) groups is 3. The summed E-state index contributed by atoms with van der Waals surface area (Å²) in [6, 6.07) is 10.4. The molecule has 0 aliphatic carbocycles. The number of benzene rings is 2. The van der Waals surface area contributed by atoms with Crippen LogP contribution in [0.15, 0.2) is 57.2 Å². The van der Waals surface area contributed by atoms with Crippen LogP contribution in [0.4, 0.5) is 16.2 Å². The Morgan fingerprint density at radius 1 is 0.855 bits per heavy atom. The summed E-state index contributed by atoms with van der Waals surface area (Å²) < 4.78 is 35.7. The van der Waals surface area contributed by atoms with Gasteiger partial charge in [0.15, 0.2) is 17.5 Å². The number of anilines is 1. The van der Waals surface area contributed by atoms with Crippen LogP contribution in [0.1, 0.15) is 176 Å². The average molecular weight is 891 g/mol. The minimum absolute atomic E-state index is 0.00207. The van der Waals surface area contributed by atoms with Crippen molar-refractivity contribution in [3.05, 3.63) is 48.0 Å². The summed E-state index contributed by atoms with van der Waals surface area (Å²) in [6.45, 7) is 13.5. The molecular formula is C50H74N4O6S2. The number of cyclic esters (lactones) is 1. The molecule has 2 unspecified atom stereocenters. The summed E-state index contributed by atoms with van der Waals surface area (Å²) in [7, 11) is -4.25. The molecule has 4 rings (SSSR count). The molecule has 0 radical (unpaired) electrons. The molecule has 2 heterocycles. The second kappa shape index (κ2) is 24.3. The lowest BCUT2D eigenvalue weighted by molar-refractivity contribution is -0.137. The number of aliphatic imine (C=N–C) groups is 1. The molecule has 3 amide bonds. The molecule has 1 fully saturated rings. The smallest absolute Gasteiger partial charge is 0.418 e. The largest absolute Gasteiger partial charge is 0.433 e. The van der Waals surface area contributed by atoms with Gasteiger partial charge in [-0.25, -0.2) is 23.1 Å². The van der Waals surface area contributed by atoms with Crippen LogP contribution in [0.3, 0.4) is 0 Å². The fourth-order valence-electron chi connectivity index (χ4n) is 7.96. The zero-order chi connectivity index (χ0) is 45.3. The van der Waals surface area contributed by atoms with Crippen LogP contribution in [0.2, 0.25) is 0 Å². The second-order valence-electron chi connectivity index (χ2n) is 18.5. The van der Waals surface area contributed by atoms with Gasteiger partial charge in [0.25, 0.3) is 21.8 Å². The predicted molar refractivity (Wildman–Crippen MR) is 255 cm³/mol. The first-order valence-corrected chi connectivity index (χ1v) is 25.8. The fraction of sp³-hybridized carbons (Fsp3) is 0.640. The van der Waals surface area contributed by atoms with Gasteiger partial charge in [-0.2, -0.15) is 0 Å². The first-order chi connectivity index (χ1) is 29.6. The third-order valence-corrected chi connectivity index (χ3v) is 14.9. The van der Waals surface area contributed by atoms with Gasteiger partial charge in [-0.1, -0.05) is 162 Å². The molecule has 2 atom stereocenters. The van der Waals surface area contributed by atoms with Crippen LogP contribution in [-0.2, 0) is 29.8 Å². The number of terminal acetylenes is 1. The summed E-state index contributed by atoms with van der Waals surface area (Å²) >= 11 is 1.52. The van der Waals surface area contributed by atoms with E-state index in [9.17, 15) is 22.8 Å². The second-order valence-corrected chi connectivity index (χ2v) is 21.4. The number of imide groups is 1. The maximum Gasteiger partial charge on any atom is 0.418 e. The molecule has 2 aromatic rings. The summed E-state index contributed by atoms with van der Waals surface area (Å²) in [4.78, 5) is 49.0. The minimum atomic E-state index is -4.25. The lowest BCUT2D eigenvalue weighted by Crippen LogP contribution is -2.59. The normalized spacial score (nSPS) is 16.6. The highest BCUT2D eigenvalue weighted by atomic mass is 32.2. The van der Waals surface area contributed by atoms with E-state index in [1.807, 2.05) is 18.2 Å². The molecule has 10 nitrogen and oxygen atoms in total. The number of nitrogens with zero attached hydrogens (tertiary/aromatic N) is 3. The molecule has 0 bridgehead atoms. The quantitative estimate of drug-likeness (QED) is 0.0538. The number of sulfonamides is 1. The van der Waals surface area contributed by atoms with E-state index in [0.717, 1.165) is 64.6 Å². The molecular weight excluding hydrogens is 817 g/mol. The standard InChI is InChI=1S/C50H74N4O6S2/c1-9-12-14-15-16-17-18-19-20-21-22-23-24-25-26-29-35-53-45(51-40-31-27-28-32-43(40)62(53,58)59)44(54-47(56)50(7,8)60-48(54)57)46(55)52-41-36-39(49(4,5)6)33-34-42(41)61-37-38(11-3)30-13-10-2/h3,27-28,31-34,36,38,44H,9-10,12-26,29-30,35,37H2,1-2,4-8H3,(H,52,55). The topological polar surface area (TPSA) is 125 Å². The molecule has 2 aliphatic rings. The highest BCUT2D eigenvalue weighted by Gasteiger charge is 2.55. The maximum atomic E-state index is 15.0. The van der Waals surface area contributed by atoms with Gasteiger partial charge in [0, 0.05) is 23.1 Å². The third kappa shape index (κ3) is 14.1. The van der Waals surface area contributed by atoms with E-state index in [4.69, 9.17) is 16.2 Å². The van der Waals surface area contributed by atoms with E-state index in [1.54, 1.807) is 18.2 Å². The van der Waals surface area contributed by atoms with Crippen molar-refractivity contribution in [2.75, 3.05) is 17.6 Å². The molecule has 62 heavy (non-hydrogen) atoms. The van der Waals surface area contributed by atoms with Gasteiger partial charge in [0.05, 0.1) is 11.4 Å². The first kappa shape index (κ1) is 50.8.